The molecule has 1 aromatic heterocycles. The van der Waals surface area contributed by atoms with Gasteiger partial charge in [-0.15, -0.1) is 0 Å². The first-order chi connectivity index (χ1) is 24.2. The second kappa shape index (κ2) is 20.4. The number of aliphatic hydroxyl groups is 2. The average molecular weight is 781 g/mol. The first kappa shape index (κ1) is 42.5. The van der Waals surface area contributed by atoms with Crippen molar-refractivity contribution >= 4 is 33.9 Å². The Morgan fingerprint density at radius 1 is 1.14 bits per heavy atom. The summed E-state index contributed by atoms with van der Waals surface area (Å²) in [5.74, 6) is -2.61. The number of allylic oxidation sites excluding steroid dienone is 2. The van der Waals surface area contributed by atoms with Crippen molar-refractivity contribution in [2.75, 3.05) is 21.3 Å². The lowest BCUT2D eigenvalue weighted by molar-refractivity contribution is -0.286. The maximum absolute atomic E-state index is 12.0. The van der Waals surface area contributed by atoms with E-state index in [1.807, 2.05) is 52.0 Å². The van der Waals surface area contributed by atoms with Gasteiger partial charge in [-0.25, -0.2) is 9.78 Å². The largest absolute Gasteiger partial charge is 0.466 e. The molecule has 0 saturated carbocycles. The third kappa shape index (κ3) is 12.9. The highest BCUT2D eigenvalue weighted by molar-refractivity contribution is 9.11. The fourth-order valence-corrected chi connectivity index (χ4v) is 6.81. The molecule has 2 N–H and O–H groups in total. The van der Waals surface area contributed by atoms with Crippen LogP contribution in [0.2, 0.25) is 0 Å². The van der Waals surface area contributed by atoms with Gasteiger partial charge in [0.05, 0.1) is 50.2 Å². The SMILES string of the molecule is COC(=O)/C=C/C[C@H]1O[C@@H](/C(C)=C/c2coc(C[C@]3(O)C[C@H](OC)C[C@H]([C@H](O)/C=C(C)/C=C/[C@@H](C/C=C/Br)OC)O3)n2)[C@H](C)[C@@H](OC(C)=O)[C@H]1C. The van der Waals surface area contributed by atoms with Crippen LogP contribution in [0.4, 0.5) is 0 Å². The van der Waals surface area contributed by atoms with E-state index in [0.29, 0.717) is 25.0 Å². The van der Waals surface area contributed by atoms with Gasteiger partial charge in [0, 0.05) is 51.9 Å². The Kier molecular flexibility index (Phi) is 17.0. The maximum atomic E-state index is 12.0. The van der Waals surface area contributed by atoms with Crippen LogP contribution in [0.1, 0.15) is 71.9 Å². The molecule has 0 amide bonds. The third-order valence-electron chi connectivity index (χ3n) is 9.26. The van der Waals surface area contributed by atoms with Crippen molar-refractivity contribution in [1.82, 2.24) is 4.98 Å². The van der Waals surface area contributed by atoms with E-state index in [0.717, 1.165) is 11.1 Å². The monoisotopic (exact) mass is 779 g/mol. The number of hydrogen-bond donors (Lipinski definition) is 2. The second-order valence-corrected chi connectivity index (χ2v) is 13.8. The summed E-state index contributed by atoms with van der Waals surface area (Å²) in [4.78, 5) is 30.0. The summed E-state index contributed by atoms with van der Waals surface area (Å²) < 4.78 is 39.9. The van der Waals surface area contributed by atoms with E-state index < -0.39 is 36.2 Å². The van der Waals surface area contributed by atoms with Crippen molar-refractivity contribution < 1.29 is 52.6 Å². The zero-order chi connectivity index (χ0) is 37.7. The Hall–Kier alpha value is -2.91. The molecule has 3 rings (SSSR count). The van der Waals surface area contributed by atoms with Crippen molar-refractivity contribution in [3.8, 4) is 0 Å². The number of ether oxygens (including phenoxy) is 6. The minimum Gasteiger partial charge on any atom is -0.466 e. The van der Waals surface area contributed by atoms with Crippen LogP contribution in [0.5, 0.6) is 0 Å². The fraction of sp³-hybridized carbons (Fsp3) is 0.605. The molecule has 12 nitrogen and oxygen atoms in total. The third-order valence-corrected chi connectivity index (χ3v) is 9.64. The Morgan fingerprint density at radius 3 is 2.53 bits per heavy atom. The molecule has 0 bridgehead atoms. The molecule has 284 valence electrons. The molecule has 0 unspecified atom stereocenters. The maximum Gasteiger partial charge on any atom is 0.330 e. The number of methoxy groups -OCH3 is 3. The first-order valence-corrected chi connectivity index (χ1v) is 18.1. The topological polar surface area (TPSA) is 156 Å². The number of halogens is 1. The number of nitrogens with zero attached hydrogens (tertiary/aromatic N) is 1. The van der Waals surface area contributed by atoms with E-state index in [1.54, 1.807) is 31.4 Å². The number of rotatable bonds is 16. The zero-order valence-corrected chi connectivity index (χ0v) is 32.4. The quantitative estimate of drug-likeness (QED) is 0.119. The van der Waals surface area contributed by atoms with E-state index in [9.17, 15) is 19.8 Å². The number of hydrogen-bond acceptors (Lipinski definition) is 12. The summed E-state index contributed by atoms with van der Waals surface area (Å²) in [6.07, 6.45) is 12.0. The molecule has 2 aliphatic rings. The number of aliphatic hydroxyl groups excluding tert-OH is 1. The Labute approximate surface area is 309 Å². The molecular formula is C38H54BrNO11. The molecule has 2 aliphatic heterocycles. The molecule has 10 atom stereocenters. The Morgan fingerprint density at radius 2 is 1.88 bits per heavy atom. The molecule has 0 aliphatic carbocycles. The minimum atomic E-state index is -1.70. The summed E-state index contributed by atoms with van der Waals surface area (Å²) in [6, 6.07) is 0. The number of aromatic nitrogens is 1. The lowest BCUT2D eigenvalue weighted by atomic mass is 9.79. The number of carbonyl (C=O) groups is 2. The molecule has 13 heteroatoms. The number of esters is 2. The van der Waals surface area contributed by atoms with E-state index in [2.05, 4.69) is 20.9 Å². The van der Waals surface area contributed by atoms with Gasteiger partial charge in [-0.3, -0.25) is 4.79 Å². The van der Waals surface area contributed by atoms with Gasteiger partial charge in [0.1, 0.15) is 18.1 Å². The summed E-state index contributed by atoms with van der Waals surface area (Å²) in [7, 11) is 4.52. The summed E-state index contributed by atoms with van der Waals surface area (Å²) in [6.45, 7) is 9.11. The molecule has 2 saturated heterocycles. The highest BCUT2D eigenvalue weighted by Gasteiger charge is 2.45. The van der Waals surface area contributed by atoms with Gasteiger partial charge in [-0.1, -0.05) is 65.7 Å². The van der Waals surface area contributed by atoms with Crippen molar-refractivity contribution in [3.05, 3.63) is 70.4 Å². The minimum absolute atomic E-state index is 0.0703. The normalized spacial score (nSPS) is 30.6. The zero-order valence-electron chi connectivity index (χ0n) is 30.8. The van der Waals surface area contributed by atoms with Gasteiger partial charge in [-0.05, 0) is 43.3 Å². The van der Waals surface area contributed by atoms with Crippen LogP contribution in [0.15, 0.2) is 63.3 Å². The molecule has 2 fully saturated rings. The van der Waals surface area contributed by atoms with Gasteiger partial charge in [0.15, 0.2) is 11.7 Å². The fourth-order valence-electron chi connectivity index (χ4n) is 6.60. The summed E-state index contributed by atoms with van der Waals surface area (Å²) in [5.41, 5.74) is 2.15. The van der Waals surface area contributed by atoms with Gasteiger partial charge >= 0.3 is 11.9 Å². The summed E-state index contributed by atoms with van der Waals surface area (Å²) in [5, 5.41) is 22.7. The molecule has 51 heavy (non-hydrogen) atoms. The van der Waals surface area contributed by atoms with Gasteiger partial charge in [-0.2, -0.15) is 0 Å². The van der Waals surface area contributed by atoms with E-state index >= 15 is 0 Å². The van der Waals surface area contributed by atoms with Gasteiger partial charge < -0.3 is 43.1 Å². The van der Waals surface area contributed by atoms with E-state index in [4.69, 9.17) is 32.8 Å². The molecule has 0 radical (unpaired) electrons. The predicted molar refractivity (Wildman–Crippen MR) is 194 cm³/mol. The smallest absolute Gasteiger partial charge is 0.330 e. The lowest BCUT2D eigenvalue weighted by Crippen LogP contribution is -2.51. The van der Waals surface area contributed by atoms with Crippen LogP contribution in [-0.4, -0.2) is 97.0 Å². The van der Waals surface area contributed by atoms with Gasteiger partial charge in [0.25, 0.3) is 0 Å². The van der Waals surface area contributed by atoms with Crippen LogP contribution in [-0.2, 0) is 44.4 Å². The van der Waals surface area contributed by atoms with Crippen LogP contribution >= 0.6 is 15.9 Å². The van der Waals surface area contributed by atoms with Crippen LogP contribution in [0.25, 0.3) is 6.08 Å². The highest BCUT2D eigenvalue weighted by Crippen LogP contribution is 2.38. The highest BCUT2D eigenvalue weighted by atomic mass is 79.9. The average Bonchev–Trinajstić information content (AvgIpc) is 3.52. The van der Waals surface area contributed by atoms with E-state index in [1.165, 1.54) is 26.4 Å². The van der Waals surface area contributed by atoms with Crippen molar-refractivity contribution in [3.63, 3.8) is 0 Å². The van der Waals surface area contributed by atoms with Crippen LogP contribution in [0.3, 0.4) is 0 Å². The summed E-state index contributed by atoms with van der Waals surface area (Å²) >= 11 is 3.26. The second-order valence-electron chi connectivity index (χ2n) is 13.3. The van der Waals surface area contributed by atoms with Crippen molar-refractivity contribution in [2.24, 2.45) is 11.8 Å². The molecule has 1 aromatic rings. The molecular weight excluding hydrogens is 726 g/mol. The number of oxazole rings is 1. The van der Waals surface area contributed by atoms with Gasteiger partial charge in [0.2, 0.25) is 0 Å². The van der Waals surface area contributed by atoms with Crippen molar-refractivity contribution in [1.29, 1.82) is 0 Å². The lowest BCUT2D eigenvalue weighted by Gasteiger charge is -2.44. The predicted octanol–water partition coefficient (Wildman–Crippen LogP) is 5.77. The van der Waals surface area contributed by atoms with Crippen LogP contribution < -0.4 is 0 Å². The molecule has 0 spiro atoms. The molecule has 0 aromatic carbocycles. The van der Waals surface area contributed by atoms with Crippen molar-refractivity contribution in [2.45, 2.75) is 115 Å². The standard InChI is InChI=1S/C38H54BrNO11/c1-23(14-15-29(45-6)11-10-16-39)17-31(42)33-19-30(46-7)20-38(44,51-33)21-34-40-28(22-48-34)18-24(2)36-26(4)37(49-27(5)41)25(3)32(50-36)12-9-13-35(43)47-8/h9-10,13-18,22,25-26,29-33,36-37,42,44H,11-12,19-21H2,1-8H3/b13-9+,15-14+,16-10+,23-17+,24-18+/t25-,26-,29+,30+,31+,32+,33+,36-,37-,38-/m0/s1. The first-order valence-electron chi connectivity index (χ1n) is 17.2. The Balaban J connectivity index is 1.75. The van der Waals surface area contributed by atoms with Crippen LogP contribution in [0, 0.1) is 11.8 Å². The Bertz CT molecular complexity index is 1430. The van der Waals surface area contributed by atoms with E-state index in [-0.39, 0.29) is 54.8 Å². The molecule has 3 heterocycles. The number of carbonyl (C=O) groups excluding carboxylic acids is 2.